The van der Waals surface area contributed by atoms with Gasteiger partial charge in [0.05, 0.1) is 24.8 Å². The number of alkyl halides is 4. The van der Waals surface area contributed by atoms with Gasteiger partial charge in [-0.05, 0) is 65.8 Å². The summed E-state index contributed by atoms with van der Waals surface area (Å²) in [4.78, 5) is 27.3. The van der Waals surface area contributed by atoms with Crippen molar-refractivity contribution in [3.63, 3.8) is 0 Å². The molecule has 0 aromatic heterocycles. The van der Waals surface area contributed by atoms with Gasteiger partial charge in [-0.15, -0.1) is 0 Å². The highest BCUT2D eigenvalue weighted by Gasteiger charge is 2.36. The van der Waals surface area contributed by atoms with Crippen molar-refractivity contribution < 1.29 is 31.9 Å². The zero-order valence-electron chi connectivity index (χ0n) is 19.3. The van der Waals surface area contributed by atoms with Crippen molar-refractivity contribution in [1.29, 1.82) is 0 Å². The van der Waals surface area contributed by atoms with Crippen molar-refractivity contribution in [3.05, 3.63) is 64.7 Å². The van der Waals surface area contributed by atoms with Crippen LogP contribution in [0.15, 0.2) is 42.5 Å². The van der Waals surface area contributed by atoms with Crippen LogP contribution in [-0.4, -0.2) is 48.6 Å². The van der Waals surface area contributed by atoms with E-state index in [9.17, 15) is 27.2 Å². The fourth-order valence-corrected chi connectivity index (χ4v) is 4.97. The van der Waals surface area contributed by atoms with E-state index in [2.05, 4.69) is 10.6 Å². The first-order valence-electron chi connectivity index (χ1n) is 11.8. The standard InChI is InChI=1S/C26H25F4N3O3/c27-19-5-7-33(13-19)23-10-16-1-3-20(12-22(16)32-25(23)35)31-24(34)11-15-6-8-36-14-17-9-18(26(28,29)30)2-4-21(15)17/h1-4,9,11-12,19,23H,5-8,10,13-14H2,(H,31,34)(H,32,35)/t19-,23?/m0/s1. The molecule has 10 heteroatoms. The summed E-state index contributed by atoms with van der Waals surface area (Å²) in [5.74, 6) is -0.640. The van der Waals surface area contributed by atoms with Crippen LogP contribution in [-0.2, 0) is 33.5 Å². The number of halogens is 4. The van der Waals surface area contributed by atoms with E-state index in [1.165, 1.54) is 12.1 Å². The molecule has 0 spiro atoms. The summed E-state index contributed by atoms with van der Waals surface area (Å²) < 4.78 is 58.3. The molecular formula is C26H25F4N3O3. The molecule has 2 atom stereocenters. The number of amides is 2. The third-order valence-corrected chi connectivity index (χ3v) is 6.81. The molecule has 0 bridgehead atoms. The maximum Gasteiger partial charge on any atom is 0.416 e. The summed E-state index contributed by atoms with van der Waals surface area (Å²) in [7, 11) is 0. The monoisotopic (exact) mass is 503 g/mol. The highest BCUT2D eigenvalue weighted by Crippen LogP contribution is 2.35. The maximum atomic E-state index is 13.6. The van der Waals surface area contributed by atoms with Gasteiger partial charge in [0, 0.05) is 30.5 Å². The highest BCUT2D eigenvalue weighted by atomic mass is 19.4. The number of carbonyl (C=O) groups is 2. The second kappa shape index (κ2) is 9.67. The molecule has 1 fully saturated rings. The lowest BCUT2D eigenvalue weighted by molar-refractivity contribution is -0.137. The molecule has 36 heavy (non-hydrogen) atoms. The van der Waals surface area contributed by atoms with E-state index in [0.29, 0.717) is 53.9 Å². The Balaban J connectivity index is 1.31. The van der Waals surface area contributed by atoms with Crippen molar-refractivity contribution in [2.24, 2.45) is 0 Å². The summed E-state index contributed by atoms with van der Waals surface area (Å²) in [5, 5.41) is 5.62. The molecule has 3 aliphatic heterocycles. The zero-order valence-corrected chi connectivity index (χ0v) is 19.3. The van der Waals surface area contributed by atoms with Gasteiger partial charge in [-0.1, -0.05) is 12.1 Å². The Morgan fingerprint density at radius 2 is 2.00 bits per heavy atom. The molecule has 5 rings (SSSR count). The molecule has 3 aliphatic rings. The third kappa shape index (κ3) is 5.15. The molecule has 3 heterocycles. The van der Waals surface area contributed by atoms with Gasteiger partial charge < -0.3 is 15.4 Å². The zero-order chi connectivity index (χ0) is 25.4. The van der Waals surface area contributed by atoms with Crippen LogP contribution in [0, 0.1) is 0 Å². The molecule has 1 unspecified atom stereocenters. The smallest absolute Gasteiger partial charge is 0.376 e. The largest absolute Gasteiger partial charge is 0.416 e. The van der Waals surface area contributed by atoms with Crippen LogP contribution in [0.3, 0.4) is 0 Å². The topological polar surface area (TPSA) is 70.7 Å². The SMILES string of the molecule is O=C(C=C1CCOCc2cc(C(F)(F)F)ccc21)Nc1ccc2c(c1)NC(=O)C(N1CC[C@H](F)C1)C2. The molecule has 1 saturated heterocycles. The van der Waals surface area contributed by atoms with E-state index < -0.39 is 29.9 Å². The number of fused-ring (bicyclic) bond motifs is 2. The van der Waals surface area contributed by atoms with Crippen LogP contribution in [0.5, 0.6) is 0 Å². The molecule has 2 aromatic carbocycles. The number of benzene rings is 2. The number of anilines is 2. The first kappa shape index (κ1) is 24.5. The minimum atomic E-state index is -4.46. The molecule has 2 N–H and O–H groups in total. The lowest BCUT2D eigenvalue weighted by Gasteiger charge is -2.31. The number of carbonyl (C=O) groups excluding carboxylic acids is 2. The van der Waals surface area contributed by atoms with Crippen molar-refractivity contribution >= 4 is 28.8 Å². The van der Waals surface area contributed by atoms with Gasteiger partial charge in [0.2, 0.25) is 11.8 Å². The quantitative estimate of drug-likeness (QED) is 0.476. The molecule has 0 radical (unpaired) electrons. The summed E-state index contributed by atoms with van der Waals surface area (Å²) in [6, 6.07) is 8.24. The summed E-state index contributed by atoms with van der Waals surface area (Å²) in [5.41, 5.74) is 2.71. The van der Waals surface area contributed by atoms with Crippen molar-refractivity contribution in [1.82, 2.24) is 4.90 Å². The van der Waals surface area contributed by atoms with Gasteiger partial charge in [0.15, 0.2) is 0 Å². The number of rotatable bonds is 3. The van der Waals surface area contributed by atoms with Gasteiger partial charge in [-0.2, -0.15) is 13.2 Å². The van der Waals surface area contributed by atoms with Crippen molar-refractivity contribution in [2.75, 3.05) is 30.3 Å². The normalized spacial score (nSPS) is 23.6. The molecule has 2 aromatic rings. The van der Waals surface area contributed by atoms with E-state index >= 15 is 0 Å². The molecule has 190 valence electrons. The average molecular weight is 503 g/mol. The molecule has 0 saturated carbocycles. The van der Waals surface area contributed by atoms with Crippen LogP contribution >= 0.6 is 0 Å². The summed E-state index contributed by atoms with van der Waals surface area (Å²) in [6.45, 7) is 1.11. The minimum Gasteiger partial charge on any atom is -0.376 e. The predicted octanol–water partition coefficient (Wildman–Crippen LogP) is 4.55. The van der Waals surface area contributed by atoms with E-state index in [1.54, 1.807) is 12.1 Å². The number of nitrogens with one attached hydrogen (secondary N) is 2. The second-order valence-corrected chi connectivity index (χ2v) is 9.29. The van der Waals surface area contributed by atoms with Crippen LogP contribution in [0.2, 0.25) is 0 Å². The van der Waals surface area contributed by atoms with Crippen LogP contribution in [0.25, 0.3) is 5.57 Å². The van der Waals surface area contributed by atoms with Crippen molar-refractivity contribution in [2.45, 2.75) is 44.3 Å². The predicted molar refractivity (Wildman–Crippen MR) is 126 cm³/mol. The average Bonchev–Trinajstić information content (AvgIpc) is 3.15. The fourth-order valence-electron chi connectivity index (χ4n) is 4.97. The Morgan fingerprint density at radius 3 is 2.75 bits per heavy atom. The Morgan fingerprint density at radius 1 is 1.17 bits per heavy atom. The van der Waals surface area contributed by atoms with Gasteiger partial charge >= 0.3 is 6.18 Å². The third-order valence-electron chi connectivity index (χ3n) is 6.81. The van der Waals surface area contributed by atoms with E-state index in [-0.39, 0.29) is 25.7 Å². The Bertz CT molecular complexity index is 1230. The molecule has 0 aliphatic carbocycles. The lowest BCUT2D eigenvalue weighted by atomic mass is 9.96. The van der Waals surface area contributed by atoms with Crippen molar-refractivity contribution in [3.8, 4) is 0 Å². The molecular weight excluding hydrogens is 478 g/mol. The number of likely N-dealkylation sites (tertiary alicyclic amines) is 1. The second-order valence-electron chi connectivity index (χ2n) is 9.29. The minimum absolute atomic E-state index is 0.0349. The van der Waals surface area contributed by atoms with Gasteiger partial charge in [0.25, 0.3) is 0 Å². The Kier molecular flexibility index (Phi) is 6.57. The van der Waals surface area contributed by atoms with Crippen LogP contribution in [0.4, 0.5) is 28.9 Å². The number of ether oxygens (including phenoxy) is 1. The summed E-state index contributed by atoms with van der Waals surface area (Å²) in [6.07, 6.45) is -2.74. The maximum absolute atomic E-state index is 13.6. The Hall–Kier alpha value is -3.24. The number of hydrogen-bond acceptors (Lipinski definition) is 4. The lowest BCUT2D eigenvalue weighted by Crippen LogP contribution is -2.47. The fraction of sp³-hybridized carbons (Fsp3) is 0.385. The summed E-state index contributed by atoms with van der Waals surface area (Å²) >= 11 is 0. The number of hydrogen-bond donors (Lipinski definition) is 2. The van der Waals surface area contributed by atoms with Gasteiger partial charge in [-0.3, -0.25) is 14.5 Å². The Labute approximate surface area is 205 Å². The number of nitrogens with zero attached hydrogens (tertiary/aromatic N) is 1. The first-order valence-corrected chi connectivity index (χ1v) is 11.8. The van der Waals surface area contributed by atoms with E-state index in [1.807, 2.05) is 11.0 Å². The van der Waals surface area contributed by atoms with Gasteiger partial charge in [-0.25, -0.2) is 4.39 Å². The van der Waals surface area contributed by atoms with Crippen LogP contribution < -0.4 is 10.6 Å². The molecule has 2 amide bonds. The van der Waals surface area contributed by atoms with Crippen LogP contribution in [0.1, 0.15) is 35.1 Å². The molecule has 6 nitrogen and oxygen atoms in total. The van der Waals surface area contributed by atoms with E-state index in [0.717, 1.165) is 17.7 Å². The first-order chi connectivity index (χ1) is 17.2. The highest BCUT2D eigenvalue weighted by molar-refractivity contribution is 6.05. The van der Waals surface area contributed by atoms with E-state index in [4.69, 9.17) is 4.74 Å². The van der Waals surface area contributed by atoms with Gasteiger partial charge in [0.1, 0.15) is 6.17 Å².